The van der Waals surface area contributed by atoms with E-state index in [1.54, 1.807) is 11.9 Å². The van der Waals surface area contributed by atoms with Crippen LogP contribution in [0.1, 0.15) is 17.0 Å². The third kappa shape index (κ3) is 8.13. The normalized spacial score (nSPS) is 17.6. The van der Waals surface area contributed by atoms with Crippen LogP contribution < -0.4 is 5.32 Å². The van der Waals surface area contributed by atoms with Crippen LogP contribution in [0.4, 0.5) is 22.0 Å². The number of hydrogen-bond acceptors (Lipinski definition) is 4. The van der Waals surface area contributed by atoms with Gasteiger partial charge in [0.15, 0.2) is 0 Å². The molecule has 2 atom stereocenters. The second-order valence-corrected chi connectivity index (χ2v) is 8.48. The van der Waals surface area contributed by atoms with Gasteiger partial charge in [-0.1, -0.05) is 36.4 Å². The molecule has 0 fully saturated rings. The van der Waals surface area contributed by atoms with E-state index in [1.165, 1.54) is 6.07 Å². The molecule has 0 aliphatic carbocycles. The minimum Gasteiger partial charge on any atom is -0.475 e. The number of carboxylic acids is 1. The van der Waals surface area contributed by atoms with Gasteiger partial charge in [0.1, 0.15) is 11.6 Å². The second-order valence-electron chi connectivity index (χ2n) is 8.48. The number of halogens is 5. The summed E-state index contributed by atoms with van der Waals surface area (Å²) in [6.45, 7) is 1.67. The minimum atomic E-state index is -5.08. The lowest BCUT2D eigenvalue weighted by molar-refractivity contribution is -0.192. The molecule has 2 aromatic rings. The molecule has 1 aliphatic heterocycles. The number of likely N-dealkylation sites (N-methyl/N-ethyl adjacent to an activating group) is 2. The second kappa shape index (κ2) is 12.6. The highest BCUT2D eigenvalue weighted by Gasteiger charge is 2.38. The smallest absolute Gasteiger partial charge is 0.475 e. The molecule has 6 nitrogen and oxygen atoms in total. The Bertz CT molecular complexity index is 1070. The Kier molecular flexibility index (Phi) is 10.1. The van der Waals surface area contributed by atoms with Crippen molar-refractivity contribution in [1.82, 2.24) is 15.1 Å². The molecule has 0 saturated carbocycles. The van der Waals surface area contributed by atoms with E-state index in [-0.39, 0.29) is 17.4 Å². The maximum absolute atomic E-state index is 14.3. The van der Waals surface area contributed by atoms with E-state index in [0.29, 0.717) is 18.7 Å². The number of aliphatic carboxylic acids is 1. The summed E-state index contributed by atoms with van der Waals surface area (Å²) in [6.07, 6.45) is -3.19. The molecule has 0 aromatic heterocycles. The van der Waals surface area contributed by atoms with E-state index in [1.807, 2.05) is 55.4 Å². The van der Waals surface area contributed by atoms with Gasteiger partial charge in [0.2, 0.25) is 5.91 Å². The fourth-order valence-electron chi connectivity index (χ4n) is 3.55. The zero-order valence-electron chi connectivity index (χ0n) is 20.0. The minimum absolute atomic E-state index is 0.0179. The van der Waals surface area contributed by atoms with Gasteiger partial charge in [-0.05, 0) is 43.4 Å². The van der Waals surface area contributed by atoms with Crippen LogP contribution in [-0.2, 0) is 9.59 Å². The van der Waals surface area contributed by atoms with E-state index in [9.17, 15) is 26.7 Å². The number of rotatable bonds is 6. The molecule has 1 amide bonds. The number of carbonyl (C=O) groups excluding carboxylic acids is 1. The van der Waals surface area contributed by atoms with Gasteiger partial charge in [-0.3, -0.25) is 4.79 Å². The Morgan fingerprint density at radius 2 is 1.64 bits per heavy atom. The molecule has 196 valence electrons. The number of nitrogens with one attached hydrogen (secondary N) is 1. The highest BCUT2D eigenvalue weighted by atomic mass is 19.4. The third-order valence-electron chi connectivity index (χ3n) is 5.48. The van der Waals surface area contributed by atoms with E-state index in [0.717, 1.165) is 24.2 Å². The zero-order valence-corrected chi connectivity index (χ0v) is 20.0. The Morgan fingerprint density at radius 1 is 1.03 bits per heavy atom. The van der Waals surface area contributed by atoms with Crippen molar-refractivity contribution >= 4 is 17.4 Å². The van der Waals surface area contributed by atoms with Crippen LogP contribution in [0, 0.1) is 11.6 Å². The molecule has 3 rings (SSSR count). The van der Waals surface area contributed by atoms with Gasteiger partial charge in [0, 0.05) is 38.2 Å². The van der Waals surface area contributed by atoms with Crippen LogP contribution in [-0.4, -0.2) is 79.8 Å². The number of nitrogens with zero attached hydrogens (tertiary/aromatic N) is 2. The quantitative estimate of drug-likeness (QED) is 0.576. The van der Waals surface area contributed by atoms with Gasteiger partial charge < -0.3 is 20.2 Å². The molecular formula is C25H28F5N3O3. The van der Waals surface area contributed by atoms with Gasteiger partial charge in [-0.15, -0.1) is 0 Å². The largest absolute Gasteiger partial charge is 0.490 e. The van der Waals surface area contributed by atoms with Gasteiger partial charge >= 0.3 is 12.1 Å². The Morgan fingerprint density at radius 3 is 2.19 bits per heavy atom. The van der Waals surface area contributed by atoms with Crippen molar-refractivity contribution in [2.75, 3.05) is 40.8 Å². The highest BCUT2D eigenvalue weighted by Crippen LogP contribution is 2.32. The molecule has 0 saturated heterocycles. The van der Waals surface area contributed by atoms with Crippen molar-refractivity contribution in [3.05, 3.63) is 77.4 Å². The molecule has 2 aromatic carbocycles. The molecule has 0 radical (unpaired) electrons. The summed E-state index contributed by atoms with van der Waals surface area (Å²) in [5.74, 6) is -4.01. The summed E-state index contributed by atoms with van der Waals surface area (Å²) >= 11 is 0. The number of amides is 1. The van der Waals surface area contributed by atoms with Crippen molar-refractivity contribution in [2.45, 2.75) is 18.1 Å². The van der Waals surface area contributed by atoms with Crippen LogP contribution >= 0.6 is 0 Å². The van der Waals surface area contributed by atoms with Gasteiger partial charge in [0.05, 0.1) is 6.04 Å². The van der Waals surface area contributed by atoms with E-state index < -0.39 is 29.8 Å². The molecule has 36 heavy (non-hydrogen) atoms. The van der Waals surface area contributed by atoms with E-state index in [4.69, 9.17) is 9.90 Å². The summed E-state index contributed by atoms with van der Waals surface area (Å²) in [6, 6.07) is 12.6. The summed E-state index contributed by atoms with van der Waals surface area (Å²) in [7, 11) is 5.72. The van der Waals surface area contributed by atoms with Crippen molar-refractivity contribution < 1.29 is 36.6 Å². The maximum Gasteiger partial charge on any atom is 0.490 e. The van der Waals surface area contributed by atoms with Crippen molar-refractivity contribution in [2.24, 2.45) is 0 Å². The molecule has 2 unspecified atom stereocenters. The standard InChI is InChI=1S/C23H27F2N3O.C2HF3O2/c1-27(2)11-12-28(3)23(29)22-20(16-7-5-4-6-8-16)13-17(15-26-22)19-14-18(24)9-10-21(19)25;3-2(4,5)1(6)7/h4-10,13-14,20,22,26H,11-12,15H2,1-3H3;(H,6,7). The molecule has 11 heteroatoms. The van der Waals surface area contributed by atoms with Crippen LogP contribution in [0.15, 0.2) is 54.6 Å². The van der Waals surface area contributed by atoms with Crippen molar-refractivity contribution in [1.29, 1.82) is 0 Å². The van der Waals surface area contributed by atoms with Gasteiger partial charge in [0.25, 0.3) is 0 Å². The fourth-order valence-corrected chi connectivity index (χ4v) is 3.55. The van der Waals surface area contributed by atoms with E-state index >= 15 is 0 Å². The highest BCUT2D eigenvalue weighted by molar-refractivity contribution is 5.85. The van der Waals surface area contributed by atoms with E-state index in [2.05, 4.69) is 5.32 Å². The Labute approximate surface area is 206 Å². The first-order valence-corrected chi connectivity index (χ1v) is 11.0. The average Bonchev–Trinajstić information content (AvgIpc) is 2.83. The lowest BCUT2D eigenvalue weighted by atomic mass is 9.84. The average molecular weight is 514 g/mol. The SMILES string of the molecule is CN(C)CCN(C)C(=O)C1NCC(c2cc(F)ccc2F)=CC1c1ccccc1.O=C(O)C(F)(F)F. The first-order chi connectivity index (χ1) is 16.8. The summed E-state index contributed by atoms with van der Waals surface area (Å²) in [4.78, 5) is 25.8. The van der Waals surface area contributed by atoms with Gasteiger partial charge in [-0.2, -0.15) is 13.2 Å². The molecule has 1 heterocycles. The summed E-state index contributed by atoms with van der Waals surface area (Å²) in [5.41, 5.74) is 1.83. The lowest BCUT2D eigenvalue weighted by Crippen LogP contribution is -2.51. The van der Waals surface area contributed by atoms with Crippen LogP contribution in [0.3, 0.4) is 0 Å². The number of carbonyl (C=O) groups is 2. The number of hydrogen-bond donors (Lipinski definition) is 2. The fraction of sp³-hybridized carbons (Fsp3) is 0.360. The Balaban J connectivity index is 0.000000572. The monoisotopic (exact) mass is 513 g/mol. The van der Waals surface area contributed by atoms with Crippen LogP contribution in [0.25, 0.3) is 5.57 Å². The zero-order chi connectivity index (χ0) is 27.0. The predicted octanol–water partition coefficient (Wildman–Crippen LogP) is 3.76. The summed E-state index contributed by atoms with van der Waals surface area (Å²) < 4.78 is 59.8. The first kappa shape index (κ1) is 28.9. The maximum atomic E-state index is 14.3. The topological polar surface area (TPSA) is 72.9 Å². The van der Waals surface area contributed by atoms with Gasteiger partial charge in [-0.25, -0.2) is 13.6 Å². The molecular weight excluding hydrogens is 485 g/mol. The molecule has 0 spiro atoms. The number of benzene rings is 2. The molecule has 2 N–H and O–H groups in total. The Hall–Kier alpha value is -3.31. The van der Waals surface area contributed by atoms with Crippen LogP contribution in [0.2, 0.25) is 0 Å². The third-order valence-corrected chi connectivity index (χ3v) is 5.48. The van der Waals surface area contributed by atoms with Crippen molar-refractivity contribution in [3.63, 3.8) is 0 Å². The number of carboxylic acid groups (broad SMARTS) is 1. The predicted molar refractivity (Wildman–Crippen MR) is 125 cm³/mol. The first-order valence-electron chi connectivity index (χ1n) is 11.0. The number of alkyl halides is 3. The van der Waals surface area contributed by atoms with Crippen molar-refractivity contribution in [3.8, 4) is 0 Å². The van der Waals surface area contributed by atoms with Crippen LogP contribution in [0.5, 0.6) is 0 Å². The molecule has 1 aliphatic rings. The summed E-state index contributed by atoms with van der Waals surface area (Å²) in [5, 5.41) is 10.4. The molecule has 0 bridgehead atoms. The lowest BCUT2D eigenvalue weighted by Gasteiger charge is -2.34.